The average Bonchev–Trinajstić information content (AvgIpc) is 2.57. The van der Waals surface area contributed by atoms with Crippen LogP contribution in [0.3, 0.4) is 0 Å². The summed E-state index contributed by atoms with van der Waals surface area (Å²) in [5.41, 5.74) is 0. The monoisotopic (exact) mass is 340 g/mol. The van der Waals surface area contributed by atoms with Crippen LogP contribution in [0.4, 0.5) is 0 Å². The normalized spacial score (nSPS) is 16.5. The van der Waals surface area contributed by atoms with E-state index < -0.39 is 11.9 Å². The van der Waals surface area contributed by atoms with Gasteiger partial charge >= 0.3 is 11.9 Å². The second-order valence-corrected chi connectivity index (χ2v) is 6.29. The largest absolute Gasteiger partial charge is 0.478 e. The van der Waals surface area contributed by atoms with Crippen LogP contribution in [0.2, 0.25) is 0 Å². The first-order valence-corrected chi connectivity index (χ1v) is 9.14. The van der Waals surface area contributed by atoms with E-state index in [1.165, 1.54) is 45.1 Å². The molecule has 1 N–H and O–H groups in total. The second kappa shape index (κ2) is 13.0. The van der Waals surface area contributed by atoms with Crippen LogP contribution in [0.1, 0.15) is 45.4 Å². The number of esters is 1. The third-order valence-electron chi connectivity index (χ3n) is 4.31. The number of unbranched alkanes of at least 4 members (excludes halogenated alkanes) is 5. The number of aliphatic carboxylic acids is 1. The highest BCUT2D eigenvalue weighted by Crippen LogP contribution is 2.08. The molecule has 0 spiro atoms. The van der Waals surface area contributed by atoms with Gasteiger partial charge in [0.2, 0.25) is 0 Å². The fourth-order valence-corrected chi connectivity index (χ4v) is 2.82. The van der Waals surface area contributed by atoms with Crippen molar-refractivity contribution in [2.75, 3.05) is 45.9 Å². The zero-order valence-corrected chi connectivity index (χ0v) is 14.9. The van der Waals surface area contributed by atoms with Gasteiger partial charge in [0.05, 0.1) is 0 Å². The zero-order valence-electron chi connectivity index (χ0n) is 14.9. The van der Waals surface area contributed by atoms with E-state index in [1.807, 2.05) is 0 Å². The fraction of sp³-hybridized carbons (Fsp3) is 0.778. The molecule has 0 saturated carbocycles. The molecule has 0 aliphatic carbocycles. The maximum absolute atomic E-state index is 11.3. The SMILES string of the molecule is CCCCCCCCN1CCN(CCOC(=O)/C=C\C(=O)O)CC1. The van der Waals surface area contributed by atoms with Crippen molar-refractivity contribution in [1.29, 1.82) is 0 Å². The summed E-state index contributed by atoms with van der Waals surface area (Å²) in [6.45, 7) is 8.58. The van der Waals surface area contributed by atoms with Gasteiger partial charge in [-0.1, -0.05) is 39.0 Å². The van der Waals surface area contributed by atoms with Crippen molar-refractivity contribution in [3.63, 3.8) is 0 Å². The molecule has 1 aliphatic heterocycles. The van der Waals surface area contributed by atoms with E-state index in [2.05, 4.69) is 16.7 Å². The lowest BCUT2D eigenvalue weighted by Crippen LogP contribution is -2.47. The molecule has 6 heteroatoms. The first-order valence-electron chi connectivity index (χ1n) is 9.14. The summed E-state index contributed by atoms with van der Waals surface area (Å²) in [7, 11) is 0. The summed E-state index contributed by atoms with van der Waals surface area (Å²) in [6.07, 6.45) is 9.74. The summed E-state index contributed by atoms with van der Waals surface area (Å²) in [5.74, 6) is -1.74. The molecular formula is C18H32N2O4. The van der Waals surface area contributed by atoms with Gasteiger partial charge in [0.25, 0.3) is 0 Å². The van der Waals surface area contributed by atoms with Gasteiger partial charge in [-0.25, -0.2) is 9.59 Å². The third-order valence-corrected chi connectivity index (χ3v) is 4.31. The van der Waals surface area contributed by atoms with Crippen molar-refractivity contribution in [1.82, 2.24) is 9.80 Å². The number of nitrogens with zero attached hydrogens (tertiary/aromatic N) is 2. The van der Waals surface area contributed by atoms with Crippen molar-refractivity contribution < 1.29 is 19.4 Å². The Morgan fingerprint density at radius 2 is 1.50 bits per heavy atom. The number of hydrogen-bond donors (Lipinski definition) is 1. The predicted octanol–water partition coefficient (Wildman–Crippen LogP) is 2.15. The quantitative estimate of drug-likeness (QED) is 0.333. The molecule has 0 aromatic heterocycles. The van der Waals surface area contributed by atoms with Crippen LogP contribution in [0, 0.1) is 0 Å². The Labute approximate surface area is 145 Å². The van der Waals surface area contributed by atoms with Crippen molar-refractivity contribution in [3.8, 4) is 0 Å². The lowest BCUT2D eigenvalue weighted by atomic mass is 10.1. The van der Waals surface area contributed by atoms with E-state index in [0.29, 0.717) is 13.2 Å². The Morgan fingerprint density at radius 3 is 2.12 bits per heavy atom. The molecule has 1 rings (SSSR count). The highest BCUT2D eigenvalue weighted by atomic mass is 16.5. The summed E-state index contributed by atoms with van der Waals surface area (Å²) in [5, 5.41) is 8.42. The van der Waals surface area contributed by atoms with Crippen LogP contribution in [0.25, 0.3) is 0 Å². The van der Waals surface area contributed by atoms with Gasteiger partial charge in [-0.3, -0.25) is 4.90 Å². The van der Waals surface area contributed by atoms with Crippen LogP contribution in [-0.4, -0.2) is 72.7 Å². The Kier molecular flexibility index (Phi) is 11.1. The molecule has 1 fully saturated rings. The minimum absolute atomic E-state index is 0.306. The highest BCUT2D eigenvalue weighted by molar-refractivity contribution is 5.90. The molecule has 1 heterocycles. The maximum atomic E-state index is 11.3. The standard InChI is InChI=1S/C18H32N2O4/c1-2-3-4-5-6-7-10-19-11-13-20(14-12-19)15-16-24-18(23)9-8-17(21)22/h8-9H,2-7,10-16H2,1H3,(H,21,22)/b9-8-. The van der Waals surface area contributed by atoms with Crippen LogP contribution in [0.15, 0.2) is 12.2 Å². The molecule has 0 radical (unpaired) electrons. The fourth-order valence-electron chi connectivity index (χ4n) is 2.82. The smallest absolute Gasteiger partial charge is 0.331 e. The first-order chi connectivity index (χ1) is 11.6. The van der Waals surface area contributed by atoms with Gasteiger partial charge in [-0.05, 0) is 13.0 Å². The van der Waals surface area contributed by atoms with Crippen molar-refractivity contribution in [2.45, 2.75) is 45.4 Å². The number of piperazine rings is 1. The number of carbonyl (C=O) groups excluding carboxylic acids is 1. The van der Waals surface area contributed by atoms with Crippen LogP contribution in [0.5, 0.6) is 0 Å². The van der Waals surface area contributed by atoms with Crippen LogP contribution in [-0.2, 0) is 14.3 Å². The minimum Gasteiger partial charge on any atom is -0.478 e. The average molecular weight is 340 g/mol. The highest BCUT2D eigenvalue weighted by Gasteiger charge is 2.16. The van der Waals surface area contributed by atoms with Gasteiger partial charge in [-0.15, -0.1) is 0 Å². The summed E-state index contributed by atoms with van der Waals surface area (Å²) >= 11 is 0. The van der Waals surface area contributed by atoms with Crippen molar-refractivity contribution in [3.05, 3.63) is 12.2 Å². The lowest BCUT2D eigenvalue weighted by molar-refractivity contribution is -0.139. The predicted molar refractivity (Wildman–Crippen MR) is 94.0 cm³/mol. The molecule has 0 aromatic rings. The van der Waals surface area contributed by atoms with Crippen molar-refractivity contribution >= 4 is 11.9 Å². The lowest BCUT2D eigenvalue weighted by Gasteiger charge is -2.34. The van der Waals surface area contributed by atoms with Gasteiger partial charge < -0.3 is 14.7 Å². The summed E-state index contributed by atoms with van der Waals surface area (Å²) in [4.78, 5) is 26.3. The van der Waals surface area contributed by atoms with E-state index in [9.17, 15) is 9.59 Å². The van der Waals surface area contributed by atoms with Crippen LogP contribution < -0.4 is 0 Å². The number of carboxylic acids is 1. The number of ether oxygens (including phenoxy) is 1. The molecule has 1 aliphatic rings. The molecule has 1 saturated heterocycles. The third kappa shape index (κ3) is 10.4. The molecule has 0 unspecified atom stereocenters. The van der Waals surface area contributed by atoms with E-state index in [0.717, 1.165) is 38.3 Å². The Hall–Kier alpha value is -1.40. The van der Waals surface area contributed by atoms with E-state index in [4.69, 9.17) is 9.84 Å². The Morgan fingerprint density at radius 1 is 0.917 bits per heavy atom. The Balaban J connectivity index is 2.01. The van der Waals surface area contributed by atoms with E-state index in [1.54, 1.807) is 0 Å². The van der Waals surface area contributed by atoms with Gasteiger partial charge in [0.1, 0.15) is 6.61 Å². The minimum atomic E-state index is -1.14. The van der Waals surface area contributed by atoms with Crippen molar-refractivity contribution in [2.24, 2.45) is 0 Å². The Bertz CT molecular complexity index is 390. The van der Waals surface area contributed by atoms with Gasteiger partial charge in [-0.2, -0.15) is 0 Å². The van der Waals surface area contributed by atoms with Gasteiger partial charge in [0.15, 0.2) is 0 Å². The first kappa shape index (κ1) is 20.6. The molecule has 0 aromatic carbocycles. The molecule has 138 valence electrons. The maximum Gasteiger partial charge on any atom is 0.331 e. The van der Waals surface area contributed by atoms with E-state index in [-0.39, 0.29) is 0 Å². The molecular weight excluding hydrogens is 308 g/mol. The number of rotatable bonds is 12. The van der Waals surface area contributed by atoms with Gasteiger partial charge in [0, 0.05) is 44.9 Å². The van der Waals surface area contributed by atoms with E-state index >= 15 is 0 Å². The molecule has 0 amide bonds. The molecule has 6 nitrogen and oxygen atoms in total. The molecule has 0 atom stereocenters. The zero-order chi connectivity index (χ0) is 17.6. The summed E-state index contributed by atoms with van der Waals surface area (Å²) < 4.78 is 4.99. The number of carboxylic acid groups (broad SMARTS) is 1. The topological polar surface area (TPSA) is 70.1 Å². The number of carbonyl (C=O) groups is 2. The summed E-state index contributed by atoms with van der Waals surface area (Å²) in [6, 6.07) is 0. The second-order valence-electron chi connectivity index (χ2n) is 6.29. The molecule has 0 bridgehead atoms. The molecule has 24 heavy (non-hydrogen) atoms. The van der Waals surface area contributed by atoms with Crippen LogP contribution >= 0.6 is 0 Å². The number of hydrogen-bond acceptors (Lipinski definition) is 5.